The fourth-order valence-corrected chi connectivity index (χ4v) is 6.25. The summed E-state index contributed by atoms with van der Waals surface area (Å²) >= 11 is 0. The normalized spacial score (nSPS) is 28.6. The van der Waals surface area contributed by atoms with Gasteiger partial charge in [0.1, 0.15) is 0 Å². The van der Waals surface area contributed by atoms with Crippen LogP contribution in [0.3, 0.4) is 0 Å². The van der Waals surface area contributed by atoms with E-state index >= 15 is 0 Å². The number of sulfonamides is 1. The van der Waals surface area contributed by atoms with Gasteiger partial charge in [-0.2, -0.15) is 4.31 Å². The van der Waals surface area contributed by atoms with Crippen molar-refractivity contribution in [1.82, 2.24) is 4.31 Å². The Labute approximate surface area is 161 Å². The number of quaternary nitrogens is 1. The van der Waals surface area contributed by atoms with Gasteiger partial charge in [-0.1, -0.05) is 12.2 Å². The Morgan fingerprint density at radius 1 is 1.15 bits per heavy atom. The fourth-order valence-electron chi connectivity index (χ4n) is 4.81. The second-order valence-corrected chi connectivity index (χ2v) is 10.0. The molecule has 146 valence electrons. The maximum atomic E-state index is 12.9. The lowest BCUT2D eigenvalue weighted by atomic mass is 9.93. The van der Waals surface area contributed by atoms with Gasteiger partial charge in [0.25, 0.3) is 0 Å². The number of hydrogen-bond acceptors (Lipinski definition) is 3. The van der Waals surface area contributed by atoms with Crippen LogP contribution in [0.15, 0.2) is 41.3 Å². The van der Waals surface area contributed by atoms with E-state index in [0.717, 1.165) is 30.8 Å². The predicted molar refractivity (Wildman–Crippen MR) is 104 cm³/mol. The van der Waals surface area contributed by atoms with Crippen molar-refractivity contribution in [3.63, 3.8) is 0 Å². The third kappa shape index (κ3) is 3.95. The molecule has 6 nitrogen and oxygen atoms in total. The largest absolute Gasteiger partial charge is 0.332 e. The molecule has 2 aliphatic carbocycles. The Morgan fingerprint density at radius 2 is 1.85 bits per heavy atom. The third-order valence-electron chi connectivity index (χ3n) is 6.21. The molecule has 3 aliphatic rings. The first kappa shape index (κ1) is 18.7. The van der Waals surface area contributed by atoms with Crippen molar-refractivity contribution < 1.29 is 18.1 Å². The molecule has 3 atom stereocenters. The number of nitrogens with zero attached hydrogens (tertiary/aromatic N) is 1. The number of allylic oxidation sites excluding steroid dienone is 2. The molecule has 1 amide bonds. The van der Waals surface area contributed by atoms with Gasteiger partial charge in [-0.15, -0.1) is 0 Å². The van der Waals surface area contributed by atoms with Crippen molar-refractivity contribution in [2.75, 3.05) is 38.0 Å². The lowest BCUT2D eigenvalue weighted by molar-refractivity contribution is -0.907. The van der Waals surface area contributed by atoms with Crippen LogP contribution in [0.1, 0.15) is 19.8 Å². The number of carbonyl (C=O) groups excluding carboxylic acids is 1. The topological polar surface area (TPSA) is 70.9 Å². The smallest absolute Gasteiger partial charge is 0.243 e. The maximum Gasteiger partial charge on any atom is 0.243 e. The molecule has 27 heavy (non-hydrogen) atoms. The van der Waals surface area contributed by atoms with Crippen molar-refractivity contribution in [3.05, 3.63) is 36.4 Å². The quantitative estimate of drug-likeness (QED) is 0.729. The van der Waals surface area contributed by atoms with Crippen molar-refractivity contribution in [3.8, 4) is 0 Å². The fraction of sp³-hybridized carbons (Fsp3) is 0.550. The number of fused-ring (bicyclic) bond motifs is 2. The molecule has 7 heteroatoms. The van der Waals surface area contributed by atoms with Crippen LogP contribution < -0.4 is 10.2 Å². The molecule has 2 bridgehead atoms. The molecule has 4 rings (SSSR count). The Morgan fingerprint density at radius 3 is 2.41 bits per heavy atom. The monoisotopic (exact) mass is 390 g/mol. The standard InChI is InChI=1S/C20H27N3O3S/c1-15(24)21-19-4-6-20(7-5-19)27(25,26)23-10-8-22(9-11-23)14-18-13-16-2-3-17(18)12-16/h2-7,16-18H,8-14H2,1H3,(H,21,24)/p+1/t16-,17+,18+/m1/s1. The minimum Gasteiger partial charge on any atom is -0.332 e. The molecule has 1 heterocycles. The van der Waals surface area contributed by atoms with E-state index in [2.05, 4.69) is 17.5 Å². The van der Waals surface area contributed by atoms with E-state index in [1.807, 2.05) is 0 Å². The van der Waals surface area contributed by atoms with Gasteiger partial charge in [-0.25, -0.2) is 8.42 Å². The molecular formula is C20H28N3O3S+. The summed E-state index contributed by atoms with van der Waals surface area (Å²) in [7, 11) is -3.47. The van der Waals surface area contributed by atoms with Crippen LogP contribution in [0, 0.1) is 17.8 Å². The Balaban J connectivity index is 1.34. The van der Waals surface area contributed by atoms with E-state index in [-0.39, 0.29) is 5.91 Å². The van der Waals surface area contributed by atoms with Gasteiger partial charge in [0.2, 0.25) is 15.9 Å². The minimum absolute atomic E-state index is 0.171. The number of nitrogens with one attached hydrogen (secondary N) is 2. The summed E-state index contributed by atoms with van der Waals surface area (Å²) in [6.07, 6.45) is 7.40. The molecule has 1 aromatic carbocycles. The first-order valence-corrected chi connectivity index (χ1v) is 11.3. The van der Waals surface area contributed by atoms with Gasteiger partial charge < -0.3 is 10.2 Å². The van der Waals surface area contributed by atoms with Crippen molar-refractivity contribution in [1.29, 1.82) is 0 Å². The summed E-state index contributed by atoms with van der Waals surface area (Å²) in [5, 5.41) is 2.66. The number of piperazine rings is 1. The molecule has 0 aromatic heterocycles. The number of hydrogen-bond donors (Lipinski definition) is 2. The van der Waals surface area contributed by atoms with Gasteiger partial charge >= 0.3 is 0 Å². The molecule has 0 radical (unpaired) electrons. The zero-order valence-corrected chi connectivity index (χ0v) is 16.5. The van der Waals surface area contributed by atoms with Gasteiger partial charge in [0, 0.05) is 18.5 Å². The average molecular weight is 391 g/mol. The Kier molecular flexibility index (Phi) is 5.09. The van der Waals surface area contributed by atoms with Crippen molar-refractivity contribution in [2.45, 2.75) is 24.7 Å². The van der Waals surface area contributed by atoms with Crippen LogP contribution in [-0.2, 0) is 14.8 Å². The zero-order valence-electron chi connectivity index (χ0n) is 15.7. The first-order chi connectivity index (χ1) is 12.9. The van der Waals surface area contributed by atoms with E-state index in [1.54, 1.807) is 28.6 Å². The number of anilines is 1. The minimum atomic E-state index is -3.47. The van der Waals surface area contributed by atoms with E-state index in [0.29, 0.717) is 23.7 Å². The van der Waals surface area contributed by atoms with Crippen LogP contribution >= 0.6 is 0 Å². The lowest BCUT2D eigenvalue weighted by Crippen LogP contribution is -3.15. The second-order valence-electron chi connectivity index (χ2n) is 8.10. The van der Waals surface area contributed by atoms with E-state index in [1.165, 1.54) is 31.2 Å². The van der Waals surface area contributed by atoms with Crippen LogP contribution in [0.2, 0.25) is 0 Å². The van der Waals surface area contributed by atoms with Gasteiger partial charge in [-0.05, 0) is 48.9 Å². The van der Waals surface area contributed by atoms with Crippen LogP contribution in [0.25, 0.3) is 0 Å². The van der Waals surface area contributed by atoms with E-state index < -0.39 is 10.0 Å². The summed E-state index contributed by atoms with van der Waals surface area (Å²) in [5.74, 6) is 2.16. The predicted octanol–water partition coefficient (Wildman–Crippen LogP) is 0.746. The third-order valence-corrected chi connectivity index (χ3v) is 8.12. The summed E-state index contributed by atoms with van der Waals surface area (Å²) < 4.78 is 27.4. The average Bonchev–Trinajstić information content (AvgIpc) is 3.25. The molecule has 2 fully saturated rings. The molecule has 0 unspecified atom stereocenters. The van der Waals surface area contributed by atoms with Crippen LogP contribution in [0.5, 0.6) is 0 Å². The Bertz CT molecular complexity index is 827. The first-order valence-electron chi connectivity index (χ1n) is 9.81. The summed E-state index contributed by atoms with van der Waals surface area (Å²) in [4.78, 5) is 12.9. The molecular weight excluding hydrogens is 362 g/mol. The number of amides is 1. The molecule has 1 aliphatic heterocycles. The van der Waals surface area contributed by atoms with Gasteiger partial charge in [0.15, 0.2) is 0 Å². The number of rotatable bonds is 5. The highest BCUT2D eigenvalue weighted by molar-refractivity contribution is 7.89. The van der Waals surface area contributed by atoms with E-state index in [4.69, 9.17) is 0 Å². The van der Waals surface area contributed by atoms with Gasteiger partial charge in [-0.3, -0.25) is 4.79 Å². The Hall–Kier alpha value is -1.70. The van der Waals surface area contributed by atoms with Crippen molar-refractivity contribution >= 4 is 21.6 Å². The van der Waals surface area contributed by atoms with Crippen LogP contribution in [0.4, 0.5) is 5.69 Å². The lowest BCUT2D eigenvalue weighted by Gasteiger charge is -2.33. The molecule has 1 saturated carbocycles. The highest BCUT2D eigenvalue weighted by atomic mass is 32.2. The maximum absolute atomic E-state index is 12.9. The second kappa shape index (κ2) is 7.37. The summed E-state index contributed by atoms with van der Waals surface area (Å²) in [6.45, 7) is 5.50. The summed E-state index contributed by atoms with van der Waals surface area (Å²) in [6, 6.07) is 6.42. The molecule has 0 spiro atoms. The molecule has 2 N–H and O–H groups in total. The highest BCUT2D eigenvalue weighted by Crippen LogP contribution is 2.42. The highest BCUT2D eigenvalue weighted by Gasteiger charge is 2.39. The van der Waals surface area contributed by atoms with Crippen LogP contribution in [-0.4, -0.2) is 51.4 Å². The SMILES string of the molecule is CC(=O)Nc1ccc(S(=O)(=O)N2CC[NH+](C[C@@H]3C[C@@H]4C=C[C@H]3C4)CC2)cc1. The zero-order chi connectivity index (χ0) is 19.0. The van der Waals surface area contributed by atoms with E-state index in [9.17, 15) is 13.2 Å². The molecule has 1 aromatic rings. The summed E-state index contributed by atoms with van der Waals surface area (Å²) in [5.41, 5.74) is 0.607. The molecule has 1 saturated heterocycles. The number of carbonyl (C=O) groups is 1. The number of benzene rings is 1. The van der Waals surface area contributed by atoms with Gasteiger partial charge in [0.05, 0.1) is 37.6 Å². The van der Waals surface area contributed by atoms with Crippen molar-refractivity contribution in [2.24, 2.45) is 17.8 Å².